The van der Waals surface area contributed by atoms with Crippen molar-refractivity contribution in [2.45, 2.75) is 38.7 Å². The predicted octanol–water partition coefficient (Wildman–Crippen LogP) is 3.61. The molecule has 1 aliphatic carbocycles. The Kier molecular flexibility index (Phi) is 3.21. The minimum absolute atomic E-state index is 0.0532. The first-order valence-corrected chi connectivity index (χ1v) is 6.12. The molecule has 3 unspecified atom stereocenters. The third kappa shape index (κ3) is 2.08. The molecular formula is C14H18F2O. The van der Waals surface area contributed by atoms with Crippen molar-refractivity contribution >= 4 is 0 Å². The SMILES string of the molecule is CC1CCC(O)(c2cccc(F)c2F)C(C)C1. The zero-order valence-electron chi connectivity index (χ0n) is 10.2. The molecule has 1 saturated carbocycles. The maximum atomic E-state index is 13.8. The van der Waals surface area contributed by atoms with E-state index in [9.17, 15) is 13.9 Å². The van der Waals surface area contributed by atoms with Crippen LogP contribution in [-0.2, 0) is 5.60 Å². The number of hydrogen-bond acceptors (Lipinski definition) is 1. The van der Waals surface area contributed by atoms with Gasteiger partial charge in [0, 0.05) is 5.56 Å². The van der Waals surface area contributed by atoms with Crippen molar-refractivity contribution in [1.82, 2.24) is 0 Å². The lowest BCUT2D eigenvalue weighted by Crippen LogP contribution is -2.39. The number of halogens is 2. The normalized spacial score (nSPS) is 33.7. The lowest BCUT2D eigenvalue weighted by Gasteiger charge is -2.41. The molecule has 0 amide bonds. The second-order valence-electron chi connectivity index (χ2n) is 5.31. The van der Waals surface area contributed by atoms with E-state index in [0.717, 1.165) is 18.9 Å². The minimum atomic E-state index is -1.22. The standard InChI is InChI=1S/C14H18F2O/c1-9-6-7-14(17,10(2)8-9)11-4-3-5-12(15)13(11)16/h3-5,9-10,17H,6-8H2,1-2H3. The van der Waals surface area contributed by atoms with E-state index in [4.69, 9.17) is 0 Å². The average Bonchev–Trinajstić information content (AvgIpc) is 2.28. The zero-order chi connectivity index (χ0) is 12.6. The van der Waals surface area contributed by atoms with Crippen LogP contribution in [0.4, 0.5) is 8.78 Å². The summed E-state index contributed by atoms with van der Waals surface area (Å²) in [6, 6.07) is 4.03. The first-order valence-electron chi connectivity index (χ1n) is 6.12. The highest BCUT2D eigenvalue weighted by Crippen LogP contribution is 2.44. The van der Waals surface area contributed by atoms with Gasteiger partial charge in [0.2, 0.25) is 0 Å². The van der Waals surface area contributed by atoms with Crippen LogP contribution in [0.1, 0.15) is 38.7 Å². The van der Waals surface area contributed by atoms with Crippen LogP contribution in [0.2, 0.25) is 0 Å². The van der Waals surface area contributed by atoms with Crippen LogP contribution in [0.5, 0.6) is 0 Å². The van der Waals surface area contributed by atoms with E-state index in [0.29, 0.717) is 12.3 Å². The van der Waals surface area contributed by atoms with Gasteiger partial charge < -0.3 is 5.11 Å². The topological polar surface area (TPSA) is 20.2 Å². The summed E-state index contributed by atoms with van der Waals surface area (Å²) in [6.45, 7) is 4.03. The molecule has 0 saturated heterocycles. The summed E-state index contributed by atoms with van der Waals surface area (Å²) in [4.78, 5) is 0. The van der Waals surface area contributed by atoms with Gasteiger partial charge in [-0.05, 0) is 37.2 Å². The molecule has 0 bridgehead atoms. The predicted molar refractivity (Wildman–Crippen MR) is 62.4 cm³/mol. The maximum absolute atomic E-state index is 13.8. The smallest absolute Gasteiger partial charge is 0.164 e. The molecular weight excluding hydrogens is 222 g/mol. The number of aliphatic hydroxyl groups is 1. The first kappa shape index (κ1) is 12.5. The third-order valence-corrected chi connectivity index (χ3v) is 4.01. The summed E-state index contributed by atoms with van der Waals surface area (Å²) in [5, 5.41) is 10.6. The van der Waals surface area contributed by atoms with E-state index in [-0.39, 0.29) is 11.5 Å². The molecule has 1 aromatic rings. The Bertz CT molecular complexity index is 419. The summed E-state index contributed by atoms with van der Waals surface area (Å²) < 4.78 is 27.0. The van der Waals surface area contributed by atoms with Crippen LogP contribution in [0, 0.1) is 23.5 Å². The van der Waals surface area contributed by atoms with Crippen molar-refractivity contribution in [3.05, 3.63) is 35.4 Å². The van der Waals surface area contributed by atoms with Crippen LogP contribution in [0.3, 0.4) is 0 Å². The van der Waals surface area contributed by atoms with Gasteiger partial charge in [0.15, 0.2) is 11.6 Å². The Morgan fingerprint density at radius 1 is 1.29 bits per heavy atom. The van der Waals surface area contributed by atoms with Crippen LogP contribution in [0.25, 0.3) is 0 Å². The van der Waals surface area contributed by atoms with Crippen molar-refractivity contribution in [1.29, 1.82) is 0 Å². The quantitative estimate of drug-likeness (QED) is 0.795. The highest BCUT2D eigenvalue weighted by Gasteiger charge is 2.41. The molecule has 0 aliphatic heterocycles. The Morgan fingerprint density at radius 3 is 2.65 bits per heavy atom. The van der Waals surface area contributed by atoms with Gasteiger partial charge in [0.1, 0.15) is 0 Å². The molecule has 0 heterocycles. The summed E-state index contributed by atoms with van der Waals surface area (Å²) in [7, 11) is 0. The summed E-state index contributed by atoms with van der Waals surface area (Å²) in [6.07, 6.45) is 2.18. The Hall–Kier alpha value is -0.960. The summed E-state index contributed by atoms with van der Waals surface area (Å²) >= 11 is 0. The van der Waals surface area contributed by atoms with Gasteiger partial charge in [0.25, 0.3) is 0 Å². The Morgan fingerprint density at radius 2 is 2.00 bits per heavy atom. The molecule has 1 fully saturated rings. The fourth-order valence-electron chi connectivity index (χ4n) is 2.87. The number of hydrogen-bond donors (Lipinski definition) is 1. The fraction of sp³-hybridized carbons (Fsp3) is 0.571. The van der Waals surface area contributed by atoms with Crippen molar-refractivity contribution < 1.29 is 13.9 Å². The second-order valence-corrected chi connectivity index (χ2v) is 5.31. The van der Waals surface area contributed by atoms with Crippen LogP contribution >= 0.6 is 0 Å². The summed E-state index contributed by atoms with van der Waals surface area (Å²) in [5.74, 6) is -1.32. The Balaban J connectivity index is 2.41. The van der Waals surface area contributed by atoms with Gasteiger partial charge in [-0.15, -0.1) is 0 Å². The highest BCUT2D eigenvalue weighted by atomic mass is 19.2. The second kappa shape index (κ2) is 4.37. The van der Waals surface area contributed by atoms with Crippen LogP contribution in [-0.4, -0.2) is 5.11 Å². The van der Waals surface area contributed by atoms with Gasteiger partial charge in [-0.25, -0.2) is 8.78 Å². The van der Waals surface area contributed by atoms with Crippen LogP contribution in [0.15, 0.2) is 18.2 Å². The number of rotatable bonds is 1. The minimum Gasteiger partial charge on any atom is -0.385 e. The molecule has 17 heavy (non-hydrogen) atoms. The molecule has 2 rings (SSSR count). The lowest BCUT2D eigenvalue weighted by atomic mass is 9.69. The van der Waals surface area contributed by atoms with E-state index < -0.39 is 17.2 Å². The van der Waals surface area contributed by atoms with Crippen molar-refractivity contribution in [2.24, 2.45) is 11.8 Å². The molecule has 1 nitrogen and oxygen atoms in total. The van der Waals surface area contributed by atoms with Gasteiger partial charge in [-0.2, -0.15) is 0 Å². The molecule has 0 aromatic heterocycles. The van der Waals surface area contributed by atoms with E-state index in [1.54, 1.807) is 0 Å². The molecule has 1 aliphatic rings. The van der Waals surface area contributed by atoms with Crippen molar-refractivity contribution in [3.63, 3.8) is 0 Å². The van der Waals surface area contributed by atoms with Gasteiger partial charge in [0.05, 0.1) is 5.60 Å². The lowest BCUT2D eigenvalue weighted by molar-refractivity contribution is -0.0616. The summed E-state index contributed by atoms with van der Waals surface area (Å²) in [5.41, 5.74) is -1.12. The van der Waals surface area contributed by atoms with E-state index in [2.05, 4.69) is 6.92 Å². The van der Waals surface area contributed by atoms with Crippen molar-refractivity contribution in [3.8, 4) is 0 Å². The van der Waals surface area contributed by atoms with E-state index >= 15 is 0 Å². The van der Waals surface area contributed by atoms with Crippen LogP contribution < -0.4 is 0 Å². The van der Waals surface area contributed by atoms with E-state index in [1.165, 1.54) is 12.1 Å². The molecule has 3 atom stereocenters. The average molecular weight is 240 g/mol. The van der Waals surface area contributed by atoms with Gasteiger partial charge in [-0.1, -0.05) is 26.0 Å². The van der Waals surface area contributed by atoms with E-state index in [1.807, 2.05) is 6.92 Å². The molecule has 94 valence electrons. The molecule has 0 spiro atoms. The van der Waals surface area contributed by atoms with Gasteiger partial charge >= 0.3 is 0 Å². The van der Waals surface area contributed by atoms with Gasteiger partial charge in [-0.3, -0.25) is 0 Å². The molecule has 0 radical (unpaired) electrons. The molecule has 3 heteroatoms. The van der Waals surface area contributed by atoms with Crippen molar-refractivity contribution in [2.75, 3.05) is 0 Å². The fourth-order valence-corrected chi connectivity index (χ4v) is 2.87. The number of benzene rings is 1. The molecule has 1 aromatic carbocycles. The monoisotopic (exact) mass is 240 g/mol. The largest absolute Gasteiger partial charge is 0.385 e. The molecule has 1 N–H and O–H groups in total. The maximum Gasteiger partial charge on any atom is 0.164 e. The zero-order valence-corrected chi connectivity index (χ0v) is 10.2. The first-order chi connectivity index (χ1) is 7.95. The highest BCUT2D eigenvalue weighted by molar-refractivity contribution is 5.26. The Labute approximate surface area is 100 Å². The third-order valence-electron chi connectivity index (χ3n) is 4.01.